The molecule has 2 aromatic rings. The highest BCUT2D eigenvalue weighted by atomic mass is 16.7. The molecular formula is C14H12N4O5. The number of hydrogen-bond donors (Lipinski definition) is 0. The lowest BCUT2D eigenvalue weighted by Gasteiger charge is -2.12. The van der Waals surface area contributed by atoms with Crippen molar-refractivity contribution in [2.45, 2.75) is 13.0 Å². The van der Waals surface area contributed by atoms with Crippen LogP contribution in [0, 0.1) is 0 Å². The van der Waals surface area contributed by atoms with Crippen molar-refractivity contribution in [1.29, 1.82) is 0 Å². The van der Waals surface area contributed by atoms with Crippen molar-refractivity contribution < 1.29 is 19.2 Å². The van der Waals surface area contributed by atoms with Crippen LogP contribution in [0.15, 0.2) is 35.4 Å². The van der Waals surface area contributed by atoms with E-state index < -0.39 is 17.8 Å². The maximum absolute atomic E-state index is 12.0. The molecule has 0 aliphatic carbocycles. The van der Waals surface area contributed by atoms with Crippen LogP contribution < -0.4 is 5.69 Å². The highest BCUT2D eigenvalue weighted by molar-refractivity contribution is 6.20. The molecule has 0 saturated carbocycles. The molecule has 0 bridgehead atoms. The molecule has 0 saturated heterocycles. The Labute approximate surface area is 129 Å². The van der Waals surface area contributed by atoms with E-state index in [1.54, 1.807) is 12.1 Å². The summed E-state index contributed by atoms with van der Waals surface area (Å²) in [4.78, 5) is 52.3. The van der Waals surface area contributed by atoms with Gasteiger partial charge in [-0.1, -0.05) is 17.2 Å². The van der Waals surface area contributed by atoms with E-state index in [4.69, 9.17) is 4.84 Å². The summed E-state index contributed by atoms with van der Waals surface area (Å²) in [5.41, 5.74) is -0.00368. The Kier molecular flexibility index (Phi) is 3.53. The third-order valence-corrected chi connectivity index (χ3v) is 3.36. The van der Waals surface area contributed by atoms with Crippen LogP contribution in [0.25, 0.3) is 0 Å². The zero-order valence-electron chi connectivity index (χ0n) is 12.1. The molecule has 1 aliphatic rings. The number of benzene rings is 1. The van der Waals surface area contributed by atoms with Crippen molar-refractivity contribution in [3.63, 3.8) is 0 Å². The van der Waals surface area contributed by atoms with Gasteiger partial charge in [-0.05, 0) is 12.1 Å². The molecule has 1 aromatic carbocycles. The van der Waals surface area contributed by atoms with E-state index in [0.29, 0.717) is 5.06 Å². The molecule has 23 heavy (non-hydrogen) atoms. The third kappa shape index (κ3) is 2.52. The number of aryl methyl sites for hydroxylation is 2. The minimum absolute atomic E-state index is 0.0122. The Morgan fingerprint density at radius 2 is 1.74 bits per heavy atom. The first-order chi connectivity index (χ1) is 11.0. The molecule has 0 radical (unpaired) electrons. The summed E-state index contributed by atoms with van der Waals surface area (Å²) in [5, 5.41) is 4.23. The molecule has 2 heterocycles. The fraction of sp³-hybridized carbons (Fsp3) is 0.214. The standard InChI is InChI=1S/C14H12N4O5/c1-16-8-15-17(14(16)22)7-6-11(19)23-18-12(20)9-4-2-3-5-10(9)13(18)21/h2-5,8H,6-7H2,1H3. The SMILES string of the molecule is Cn1cnn(CCC(=O)ON2C(=O)c3ccccc3C2=O)c1=O. The number of hydrogen-bond acceptors (Lipinski definition) is 6. The van der Waals surface area contributed by atoms with Crippen LogP contribution in [0.3, 0.4) is 0 Å². The van der Waals surface area contributed by atoms with Crippen molar-refractivity contribution in [1.82, 2.24) is 19.4 Å². The molecule has 1 aliphatic heterocycles. The molecular weight excluding hydrogens is 304 g/mol. The predicted octanol–water partition coefficient (Wildman–Crippen LogP) is -0.274. The van der Waals surface area contributed by atoms with E-state index >= 15 is 0 Å². The van der Waals surface area contributed by atoms with Gasteiger partial charge in [0.1, 0.15) is 6.33 Å². The molecule has 9 heteroatoms. The highest BCUT2D eigenvalue weighted by Crippen LogP contribution is 2.22. The van der Waals surface area contributed by atoms with Crippen molar-refractivity contribution >= 4 is 17.8 Å². The smallest absolute Gasteiger partial charge is 0.330 e. The molecule has 9 nitrogen and oxygen atoms in total. The predicted molar refractivity (Wildman–Crippen MR) is 75.1 cm³/mol. The van der Waals surface area contributed by atoms with Gasteiger partial charge in [0.2, 0.25) is 0 Å². The molecule has 0 atom stereocenters. The van der Waals surface area contributed by atoms with E-state index in [-0.39, 0.29) is 29.8 Å². The van der Waals surface area contributed by atoms with Gasteiger partial charge in [-0.15, -0.1) is 0 Å². The van der Waals surface area contributed by atoms with Crippen molar-refractivity contribution in [3.8, 4) is 0 Å². The van der Waals surface area contributed by atoms with E-state index in [0.717, 1.165) is 4.68 Å². The quantitative estimate of drug-likeness (QED) is 0.719. The highest BCUT2D eigenvalue weighted by Gasteiger charge is 2.38. The van der Waals surface area contributed by atoms with E-state index in [1.165, 1.54) is 30.1 Å². The van der Waals surface area contributed by atoms with Crippen molar-refractivity contribution in [3.05, 3.63) is 52.2 Å². The molecule has 2 amide bonds. The van der Waals surface area contributed by atoms with E-state index in [2.05, 4.69) is 5.10 Å². The molecule has 3 rings (SSSR count). The fourth-order valence-corrected chi connectivity index (χ4v) is 2.17. The first kappa shape index (κ1) is 14.7. The Morgan fingerprint density at radius 1 is 1.13 bits per heavy atom. The van der Waals surface area contributed by atoms with Crippen molar-refractivity contribution in [2.75, 3.05) is 0 Å². The van der Waals surface area contributed by atoms with Gasteiger partial charge in [-0.25, -0.2) is 14.3 Å². The number of carbonyl (C=O) groups excluding carboxylic acids is 3. The zero-order valence-corrected chi connectivity index (χ0v) is 12.1. The minimum Gasteiger partial charge on any atom is -0.330 e. The van der Waals surface area contributed by atoms with Gasteiger partial charge in [-0.2, -0.15) is 5.10 Å². The van der Waals surface area contributed by atoms with Gasteiger partial charge in [-0.3, -0.25) is 14.2 Å². The van der Waals surface area contributed by atoms with Crippen LogP contribution in [0.5, 0.6) is 0 Å². The Balaban J connectivity index is 1.65. The number of fused-ring (bicyclic) bond motifs is 1. The summed E-state index contributed by atoms with van der Waals surface area (Å²) in [6, 6.07) is 6.19. The van der Waals surface area contributed by atoms with Gasteiger partial charge >= 0.3 is 11.7 Å². The maximum atomic E-state index is 12.0. The van der Waals surface area contributed by atoms with Crippen molar-refractivity contribution in [2.24, 2.45) is 7.05 Å². The lowest BCUT2D eigenvalue weighted by molar-refractivity contribution is -0.168. The summed E-state index contributed by atoms with van der Waals surface area (Å²) < 4.78 is 2.35. The zero-order chi connectivity index (χ0) is 16.6. The summed E-state index contributed by atoms with van der Waals surface area (Å²) in [5.74, 6) is -2.18. The summed E-state index contributed by atoms with van der Waals surface area (Å²) >= 11 is 0. The monoisotopic (exact) mass is 316 g/mol. The van der Waals surface area contributed by atoms with Gasteiger partial charge in [0.05, 0.1) is 24.1 Å². The Hall–Kier alpha value is -3.23. The van der Waals surface area contributed by atoms with Gasteiger partial charge < -0.3 is 4.84 Å². The summed E-state index contributed by atoms with van der Waals surface area (Å²) in [6.07, 6.45) is 1.11. The Morgan fingerprint density at radius 3 is 2.26 bits per heavy atom. The number of nitrogens with zero attached hydrogens (tertiary/aromatic N) is 4. The number of hydroxylamine groups is 2. The summed E-state index contributed by atoms with van der Waals surface area (Å²) in [7, 11) is 1.53. The second-order valence-electron chi connectivity index (χ2n) is 4.91. The molecule has 0 spiro atoms. The Bertz CT molecular complexity index is 831. The second-order valence-corrected chi connectivity index (χ2v) is 4.91. The third-order valence-electron chi connectivity index (χ3n) is 3.36. The van der Waals surface area contributed by atoms with Gasteiger partial charge in [0, 0.05) is 7.05 Å². The molecule has 0 N–H and O–H groups in total. The second kappa shape index (κ2) is 5.52. The van der Waals surface area contributed by atoms with E-state index in [9.17, 15) is 19.2 Å². The first-order valence-corrected chi connectivity index (χ1v) is 6.76. The van der Waals surface area contributed by atoms with Crippen LogP contribution in [0.1, 0.15) is 27.1 Å². The average Bonchev–Trinajstić information content (AvgIpc) is 2.99. The van der Waals surface area contributed by atoms with Crippen LogP contribution in [-0.4, -0.2) is 37.2 Å². The van der Waals surface area contributed by atoms with Crippen LogP contribution in [0.4, 0.5) is 0 Å². The number of aromatic nitrogens is 3. The van der Waals surface area contributed by atoms with Crippen LogP contribution in [0.2, 0.25) is 0 Å². The first-order valence-electron chi connectivity index (χ1n) is 6.76. The molecule has 0 unspecified atom stereocenters. The largest absolute Gasteiger partial charge is 0.345 e. The topological polar surface area (TPSA) is 104 Å². The average molecular weight is 316 g/mol. The van der Waals surface area contributed by atoms with Gasteiger partial charge in [0.25, 0.3) is 11.8 Å². The normalized spacial score (nSPS) is 13.3. The molecule has 1 aromatic heterocycles. The number of imide groups is 1. The molecule has 118 valence electrons. The summed E-state index contributed by atoms with van der Waals surface area (Å²) in [6.45, 7) is -0.0122. The van der Waals surface area contributed by atoms with E-state index in [1.807, 2.05) is 0 Å². The lowest BCUT2D eigenvalue weighted by atomic mass is 10.1. The van der Waals surface area contributed by atoms with Gasteiger partial charge in [0.15, 0.2) is 0 Å². The lowest BCUT2D eigenvalue weighted by Crippen LogP contribution is -2.33. The number of amides is 2. The maximum Gasteiger partial charge on any atom is 0.345 e. The molecule has 0 fully saturated rings. The number of carbonyl (C=O) groups is 3. The number of rotatable bonds is 4. The van der Waals surface area contributed by atoms with Crippen LogP contribution in [-0.2, 0) is 23.2 Å². The fourth-order valence-electron chi connectivity index (χ4n) is 2.17. The van der Waals surface area contributed by atoms with Crippen LogP contribution >= 0.6 is 0 Å². The minimum atomic E-state index is -0.808.